The minimum Gasteiger partial charge on any atom is -0.381 e. The molecule has 3 atom stereocenters. The van der Waals surface area contributed by atoms with Crippen molar-refractivity contribution in [3.8, 4) is 0 Å². The van der Waals surface area contributed by atoms with Gasteiger partial charge in [0.05, 0.1) is 13.0 Å². The molecular weight excluding hydrogens is 300 g/mol. The molecule has 0 aliphatic heterocycles. The van der Waals surface area contributed by atoms with Crippen molar-refractivity contribution in [3.63, 3.8) is 0 Å². The summed E-state index contributed by atoms with van der Waals surface area (Å²) in [6.45, 7) is 1.88. The van der Waals surface area contributed by atoms with E-state index in [-0.39, 0.29) is 24.0 Å². The van der Waals surface area contributed by atoms with Crippen molar-refractivity contribution in [1.82, 2.24) is 0 Å². The van der Waals surface area contributed by atoms with Crippen molar-refractivity contribution in [1.29, 1.82) is 0 Å². The lowest BCUT2D eigenvalue weighted by molar-refractivity contribution is 0.00273. The Morgan fingerprint density at radius 1 is 1.58 bits per heavy atom. The van der Waals surface area contributed by atoms with Crippen molar-refractivity contribution >= 4 is 21.5 Å². The third-order valence-corrected chi connectivity index (χ3v) is 5.30. The molecule has 3 rings (SSSR count). The second kappa shape index (κ2) is 4.75. The third kappa shape index (κ3) is 2.09. The Labute approximate surface area is 131 Å². The van der Waals surface area contributed by atoms with E-state index >= 15 is 0 Å². The van der Waals surface area contributed by atoms with Crippen molar-refractivity contribution < 1.29 is 11.6 Å². The largest absolute Gasteiger partial charge is 0.381 e. The highest BCUT2D eigenvalue weighted by Gasteiger charge is 2.45. The van der Waals surface area contributed by atoms with E-state index in [1.54, 1.807) is 0 Å². The summed E-state index contributed by atoms with van der Waals surface area (Å²) in [6.07, 6.45) is 2.67. The van der Waals surface area contributed by atoms with Crippen LogP contribution in [-0.2, 0) is 11.2 Å². The molecule has 1 aromatic rings. The van der Waals surface area contributed by atoms with Gasteiger partial charge < -0.3 is 4.74 Å². The Morgan fingerprint density at radius 2 is 2.47 bits per heavy atom. The number of allylic oxidation sites excluding steroid dienone is 1. The Hall–Kier alpha value is -0.600. The van der Waals surface area contributed by atoms with Gasteiger partial charge in [0.2, 0.25) is 0 Å². The highest BCUT2D eigenvalue weighted by atomic mass is 79.9. The normalized spacial score (nSPS) is 38.0. The summed E-state index contributed by atoms with van der Waals surface area (Å²) < 4.78 is 44.2. The molecule has 1 fully saturated rings. The van der Waals surface area contributed by atoms with E-state index in [0.717, 1.165) is 34.9 Å². The molecule has 0 radical (unpaired) electrons. The Balaban J connectivity index is 1.91. The molecule has 2 heteroatoms. The molecular formula is C17H21BrO. The molecule has 2 aliphatic carbocycles. The summed E-state index contributed by atoms with van der Waals surface area (Å²) in [5, 5.41) is 0. The fourth-order valence-electron chi connectivity index (χ4n) is 3.79. The van der Waals surface area contributed by atoms with Crippen molar-refractivity contribution in [2.75, 3.05) is 7.04 Å². The van der Waals surface area contributed by atoms with Crippen LogP contribution in [0.4, 0.5) is 0 Å². The van der Waals surface area contributed by atoms with E-state index < -0.39 is 7.04 Å². The minimum absolute atomic E-state index is 0.0753. The highest BCUT2D eigenvalue weighted by Crippen LogP contribution is 2.55. The summed E-state index contributed by atoms with van der Waals surface area (Å²) in [7, 11) is -2.37. The van der Waals surface area contributed by atoms with Gasteiger partial charge in [-0.15, -0.1) is 0 Å². The number of benzene rings is 1. The van der Waals surface area contributed by atoms with Gasteiger partial charge in [-0.05, 0) is 65.8 Å². The molecule has 0 N–H and O–H groups in total. The SMILES string of the molecule is [2H]C([2H])=C1c2cc(Br)ccc2C[C@@]12CC[C@H](OC([2H])([2H])[2H])[C@@H](C)C2. The second-order valence-electron chi connectivity index (χ2n) is 6.01. The van der Waals surface area contributed by atoms with Crippen LogP contribution in [0.2, 0.25) is 0 Å². The van der Waals surface area contributed by atoms with Crippen molar-refractivity contribution in [2.45, 2.75) is 38.7 Å². The number of hydrogen-bond donors (Lipinski definition) is 0. The first-order valence-electron chi connectivity index (χ1n) is 9.26. The zero-order chi connectivity index (χ0) is 17.7. The Bertz CT molecular complexity index is 680. The molecule has 0 heterocycles. The van der Waals surface area contributed by atoms with Gasteiger partial charge in [0.15, 0.2) is 0 Å². The molecule has 19 heavy (non-hydrogen) atoms. The van der Waals surface area contributed by atoms with Crippen LogP contribution in [0.3, 0.4) is 0 Å². The number of halogens is 1. The standard InChI is InChI=1S/C17H21BrO/c1-11-9-17(7-6-16(11)19-3)10-13-4-5-14(18)8-15(13)12(17)2/h4-5,8,11,16H,2,6-7,9-10H2,1,3H3/t11-,16-,17-/m0/s1/i2D2,3D3. The lowest BCUT2D eigenvalue weighted by Crippen LogP contribution is -2.36. The van der Waals surface area contributed by atoms with Gasteiger partial charge in [0.1, 0.15) is 0 Å². The fourth-order valence-corrected chi connectivity index (χ4v) is 4.15. The summed E-state index contributed by atoms with van der Waals surface area (Å²) >= 11 is 3.48. The van der Waals surface area contributed by atoms with Crippen LogP contribution in [0.5, 0.6) is 0 Å². The monoisotopic (exact) mass is 325 g/mol. The Morgan fingerprint density at radius 3 is 3.21 bits per heavy atom. The maximum atomic E-state index is 8.01. The molecule has 1 nitrogen and oxygen atoms in total. The molecule has 0 bridgehead atoms. The van der Waals surface area contributed by atoms with Crippen LogP contribution in [0.1, 0.15) is 44.2 Å². The summed E-state index contributed by atoms with van der Waals surface area (Å²) in [5.74, 6) is 0.0753. The lowest BCUT2D eigenvalue weighted by Gasteiger charge is -2.41. The van der Waals surface area contributed by atoms with Gasteiger partial charge in [-0.2, -0.15) is 0 Å². The van der Waals surface area contributed by atoms with Gasteiger partial charge in [-0.3, -0.25) is 0 Å². The van der Waals surface area contributed by atoms with Gasteiger partial charge in [0.25, 0.3) is 0 Å². The Kier molecular flexibility index (Phi) is 2.16. The quantitative estimate of drug-likeness (QED) is 0.717. The molecule has 0 unspecified atom stereocenters. The molecule has 1 saturated carbocycles. The van der Waals surface area contributed by atoms with Gasteiger partial charge >= 0.3 is 0 Å². The van der Waals surface area contributed by atoms with Gasteiger partial charge in [0, 0.05) is 11.5 Å². The molecule has 0 aromatic heterocycles. The van der Waals surface area contributed by atoms with Crippen molar-refractivity contribution in [2.24, 2.45) is 11.3 Å². The maximum absolute atomic E-state index is 8.01. The van der Waals surface area contributed by atoms with E-state index in [9.17, 15) is 0 Å². The van der Waals surface area contributed by atoms with E-state index in [1.165, 1.54) is 5.56 Å². The number of hydrogen-bond acceptors (Lipinski definition) is 1. The lowest BCUT2D eigenvalue weighted by atomic mass is 9.65. The zero-order valence-electron chi connectivity index (χ0n) is 16.0. The molecule has 1 spiro atoms. The molecule has 0 amide bonds. The summed E-state index contributed by atoms with van der Waals surface area (Å²) in [6, 6.07) is 6.06. The topological polar surface area (TPSA) is 9.23 Å². The highest BCUT2D eigenvalue weighted by molar-refractivity contribution is 9.10. The molecule has 1 aromatic carbocycles. The van der Waals surface area contributed by atoms with E-state index in [2.05, 4.69) is 22.0 Å². The van der Waals surface area contributed by atoms with Crippen LogP contribution in [0.25, 0.3) is 5.57 Å². The van der Waals surface area contributed by atoms with Gasteiger partial charge in [-0.1, -0.05) is 35.5 Å². The average molecular weight is 326 g/mol. The van der Waals surface area contributed by atoms with E-state index in [0.29, 0.717) is 6.42 Å². The predicted molar refractivity (Wildman–Crippen MR) is 83.1 cm³/mol. The third-order valence-electron chi connectivity index (χ3n) is 4.81. The first-order chi connectivity index (χ1) is 11.1. The number of rotatable bonds is 1. The average Bonchev–Trinajstić information content (AvgIpc) is 2.73. The number of ether oxygens (including phenoxy) is 1. The fraction of sp³-hybridized carbons (Fsp3) is 0.529. The van der Waals surface area contributed by atoms with Crippen molar-refractivity contribution in [3.05, 3.63) is 40.3 Å². The molecule has 0 saturated heterocycles. The molecule has 102 valence electrons. The zero-order valence-corrected chi connectivity index (χ0v) is 12.6. The second-order valence-corrected chi connectivity index (χ2v) is 6.93. The van der Waals surface area contributed by atoms with E-state index in [1.807, 2.05) is 19.1 Å². The molecule has 2 aliphatic rings. The first kappa shape index (κ1) is 8.63. The minimum atomic E-state index is -2.37. The smallest absolute Gasteiger partial charge is 0.0597 e. The van der Waals surface area contributed by atoms with Crippen LogP contribution >= 0.6 is 15.9 Å². The van der Waals surface area contributed by atoms with Crippen LogP contribution in [0.15, 0.2) is 29.2 Å². The van der Waals surface area contributed by atoms with E-state index in [4.69, 9.17) is 11.6 Å². The van der Waals surface area contributed by atoms with Gasteiger partial charge in [-0.25, -0.2) is 0 Å². The number of fused-ring (bicyclic) bond motifs is 1. The first-order valence-corrected chi connectivity index (χ1v) is 7.55. The van der Waals surface area contributed by atoms with Crippen LogP contribution in [-0.4, -0.2) is 13.1 Å². The predicted octanol–water partition coefficient (Wildman–Crippen LogP) is 4.84. The maximum Gasteiger partial charge on any atom is 0.0597 e. The van der Waals surface area contributed by atoms with Crippen LogP contribution in [0, 0.1) is 11.3 Å². The number of methoxy groups -OCH3 is 1. The summed E-state index contributed by atoms with van der Waals surface area (Å²) in [4.78, 5) is 0. The van der Waals surface area contributed by atoms with Crippen LogP contribution < -0.4 is 0 Å². The summed E-state index contributed by atoms with van der Waals surface area (Å²) in [5.41, 5.74) is 2.73.